The van der Waals surface area contributed by atoms with Crippen molar-refractivity contribution in [2.45, 2.75) is 49.0 Å². The highest BCUT2D eigenvalue weighted by Crippen LogP contribution is 2.36. The molecule has 220 valence electrons. The molecule has 5 rings (SSSR count). The van der Waals surface area contributed by atoms with Crippen LogP contribution in [-0.4, -0.2) is 46.5 Å². The number of amides is 1. The van der Waals surface area contributed by atoms with Crippen LogP contribution in [0.4, 0.5) is 22.0 Å². The monoisotopic (exact) mass is 604 g/mol. The predicted molar refractivity (Wildman–Crippen MR) is 146 cm³/mol. The van der Waals surface area contributed by atoms with Crippen molar-refractivity contribution in [1.29, 1.82) is 0 Å². The normalized spacial score (nSPS) is 16.8. The first kappa shape index (κ1) is 29.6. The number of hydrogen-bond acceptors (Lipinski definition) is 7. The molecule has 4 aromatic rings. The van der Waals surface area contributed by atoms with Crippen molar-refractivity contribution in [1.82, 2.24) is 20.3 Å². The zero-order chi connectivity index (χ0) is 30.0. The van der Waals surface area contributed by atoms with E-state index >= 15 is 0 Å². The molecule has 42 heavy (non-hydrogen) atoms. The maximum absolute atomic E-state index is 14.7. The van der Waals surface area contributed by atoms with Crippen molar-refractivity contribution in [3.63, 3.8) is 0 Å². The van der Waals surface area contributed by atoms with Crippen LogP contribution < -0.4 is 10.1 Å². The molecule has 0 saturated heterocycles. The van der Waals surface area contributed by atoms with Gasteiger partial charge in [-0.3, -0.25) is 9.78 Å². The third-order valence-electron chi connectivity index (χ3n) is 6.71. The highest BCUT2D eigenvalue weighted by Gasteiger charge is 2.39. The Hall–Kier alpha value is -3.84. The Morgan fingerprint density at radius 1 is 1.21 bits per heavy atom. The fourth-order valence-corrected chi connectivity index (χ4v) is 5.27. The van der Waals surface area contributed by atoms with E-state index in [0.717, 1.165) is 30.8 Å². The van der Waals surface area contributed by atoms with Crippen LogP contribution in [0.15, 0.2) is 53.6 Å². The summed E-state index contributed by atoms with van der Waals surface area (Å²) >= 11 is 0.860. The number of carbonyl (C=O) groups excluding carboxylic acids is 1. The van der Waals surface area contributed by atoms with Gasteiger partial charge in [-0.25, -0.2) is 31.9 Å². The molecule has 0 spiro atoms. The molecular weight excluding hydrogens is 579 g/mol. The van der Waals surface area contributed by atoms with E-state index in [4.69, 9.17) is 9.47 Å². The number of carbonyl (C=O) groups is 1. The van der Waals surface area contributed by atoms with Crippen molar-refractivity contribution in [3.8, 4) is 17.1 Å². The average molecular weight is 605 g/mol. The Bertz CT molecular complexity index is 1640. The van der Waals surface area contributed by atoms with Gasteiger partial charge in [0, 0.05) is 34.0 Å². The quantitative estimate of drug-likeness (QED) is 0.240. The standard InChI is InChI=1S/C29H25F5N4O3S/c1-29(34,28(32)33)24-6-4-18(27(38-24)40-2)21-5-3-15-12-35-17(11-22(15)37-21)13-36-26(39)16-9-20(30)19-14-41-8-7-25(31)42-23(19)10-16/h3-6,9-12,25,28H,7-8,13-14H2,1-2H3,(H,36,39). The summed E-state index contributed by atoms with van der Waals surface area (Å²) in [6.45, 7) is 0.916. The van der Waals surface area contributed by atoms with E-state index in [0.29, 0.717) is 32.7 Å². The molecule has 1 aliphatic heterocycles. The van der Waals surface area contributed by atoms with Gasteiger partial charge in [-0.2, -0.15) is 0 Å². The molecule has 7 nitrogen and oxygen atoms in total. The van der Waals surface area contributed by atoms with E-state index in [2.05, 4.69) is 20.3 Å². The highest BCUT2D eigenvalue weighted by atomic mass is 32.2. The summed E-state index contributed by atoms with van der Waals surface area (Å²) in [6, 6.07) is 10.1. The molecule has 0 saturated carbocycles. The Morgan fingerprint density at radius 2 is 2.02 bits per heavy atom. The number of fused-ring (bicyclic) bond motifs is 2. The van der Waals surface area contributed by atoms with Crippen LogP contribution in [0.2, 0.25) is 0 Å². The van der Waals surface area contributed by atoms with Crippen LogP contribution in [0, 0.1) is 5.82 Å². The maximum Gasteiger partial charge on any atom is 0.277 e. The second-order valence-corrected chi connectivity index (χ2v) is 10.9. The van der Waals surface area contributed by atoms with Gasteiger partial charge in [0.1, 0.15) is 5.82 Å². The third kappa shape index (κ3) is 6.16. The summed E-state index contributed by atoms with van der Waals surface area (Å²) in [6.07, 6.45) is -1.55. The molecule has 0 aliphatic carbocycles. The van der Waals surface area contributed by atoms with Crippen LogP contribution in [0.3, 0.4) is 0 Å². The molecule has 0 fully saturated rings. The Kier molecular flexibility index (Phi) is 8.60. The van der Waals surface area contributed by atoms with Gasteiger partial charge < -0.3 is 14.8 Å². The smallest absolute Gasteiger partial charge is 0.277 e. The van der Waals surface area contributed by atoms with Crippen LogP contribution in [0.25, 0.3) is 22.2 Å². The fourth-order valence-electron chi connectivity index (χ4n) is 4.29. The van der Waals surface area contributed by atoms with Crippen molar-refractivity contribution in [2.24, 2.45) is 0 Å². The molecule has 1 amide bonds. The number of thioether (sulfide) groups is 1. The Morgan fingerprint density at radius 3 is 2.79 bits per heavy atom. The number of nitrogens with one attached hydrogen (secondary N) is 1. The van der Waals surface area contributed by atoms with Gasteiger partial charge in [0.15, 0.2) is 5.50 Å². The molecule has 1 aliphatic rings. The van der Waals surface area contributed by atoms with Gasteiger partial charge in [-0.15, -0.1) is 0 Å². The van der Waals surface area contributed by atoms with E-state index < -0.39 is 35.0 Å². The third-order valence-corrected chi connectivity index (χ3v) is 7.82. The van der Waals surface area contributed by atoms with Crippen molar-refractivity contribution in [2.75, 3.05) is 13.7 Å². The predicted octanol–water partition coefficient (Wildman–Crippen LogP) is 6.53. The van der Waals surface area contributed by atoms with Crippen LogP contribution >= 0.6 is 11.8 Å². The van der Waals surface area contributed by atoms with Crippen LogP contribution in [0.5, 0.6) is 5.88 Å². The number of nitrogens with zero attached hydrogens (tertiary/aromatic N) is 3. The summed E-state index contributed by atoms with van der Waals surface area (Å²) < 4.78 is 80.2. The number of methoxy groups -OCH3 is 1. The number of ether oxygens (including phenoxy) is 2. The summed E-state index contributed by atoms with van der Waals surface area (Å²) in [7, 11) is 1.29. The second-order valence-electron chi connectivity index (χ2n) is 9.68. The average Bonchev–Trinajstić information content (AvgIpc) is 2.96. The largest absolute Gasteiger partial charge is 0.480 e. The number of rotatable bonds is 7. The molecule has 1 N–H and O–H groups in total. The van der Waals surface area contributed by atoms with Crippen LogP contribution in [0.1, 0.15) is 40.7 Å². The van der Waals surface area contributed by atoms with Gasteiger partial charge in [-0.1, -0.05) is 11.8 Å². The lowest BCUT2D eigenvalue weighted by molar-refractivity contribution is -0.0288. The SMILES string of the molecule is COc1nc(C(C)(F)C(F)F)ccc1-c1ccc2cnc(CNC(=O)c3cc(F)c4c(c3)SC(F)CCOC4)cc2n1. The molecule has 13 heteroatoms. The first-order chi connectivity index (χ1) is 20.1. The molecule has 0 radical (unpaired) electrons. The minimum atomic E-state index is -3.28. The lowest BCUT2D eigenvalue weighted by Crippen LogP contribution is -2.26. The topological polar surface area (TPSA) is 86.2 Å². The van der Waals surface area contributed by atoms with E-state index in [9.17, 15) is 26.7 Å². The minimum absolute atomic E-state index is 0.00416. The number of alkyl halides is 4. The van der Waals surface area contributed by atoms with E-state index in [1.54, 1.807) is 24.4 Å². The van der Waals surface area contributed by atoms with Gasteiger partial charge in [0.25, 0.3) is 12.3 Å². The summed E-state index contributed by atoms with van der Waals surface area (Å²) in [5, 5.41) is 3.37. The Labute approximate surface area is 241 Å². The molecule has 3 aromatic heterocycles. The number of pyridine rings is 3. The van der Waals surface area contributed by atoms with Crippen LogP contribution in [-0.2, 0) is 23.6 Å². The molecule has 0 bridgehead atoms. The molecule has 2 unspecified atom stereocenters. The Balaban J connectivity index is 1.36. The summed E-state index contributed by atoms with van der Waals surface area (Å²) in [5.41, 5.74) is -2.76. The number of aromatic nitrogens is 3. The zero-order valence-corrected chi connectivity index (χ0v) is 23.3. The summed E-state index contributed by atoms with van der Waals surface area (Å²) in [5.74, 6) is -1.29. The van der Waals surface area contributed by atoms with E-state index in [-0.39, 0.29) is 43.2 Å². The van der Waals surface area contributed by atoms with Crippen molar-refractivity contribution >= 4 is 28.6 Å². The maximum atomic E-state index is 14.7. The number of benzene rings is 1. The molecule has 2 atom stereocenters. The molecule has 4 heterocycles. The number of halogens is 5. The van der Waals surface area contributed by atoms with Gasteiger partial charge in [-0.05, 0) is 49.4 Å². The number of hydrogen-bond donors (Lipinski definition) is 1. The lowest BCUT2D eigenvalue weighted by Gasteiger charge is -2.20. The zero-order valence-electron chi connectivity index (χ0n) is 22.5. The minimum Gasteiger partial charge on any atom is -0.480 e. The lowest BCUT2D eigenvalue weighted by atomic mass is 10.0. The fraction of sp³-hybridized carbons (Fsp3) is 0.310. The van der Waals surface area contributed by atoms with Gasteiger partial charge >= 0.3 is 0 Å². The van der Waals surface area contributed by atoms with Crippen molar-refractivity contribution in [3.05, 3.63) is 77.0 Å². The van der Waals surface area contributed by atoms with Crippen molar-refractivity contribution < 1.29 is 36.2 Å². The molecule has 1 aromatic carbocycles. The van der Waals surface area contributed by atoms with Gasteiger partial charge in [0.2, 0.25) is 11.5 Å². The van der Waals surface area contributed by atoms with E-state index in [1.165, 1.54) is 19.2 Å². The van der Waals surface area contributed by atoms with E-state index in [1.807, 2.05) is 0 Å². The second kappa shape index (κ2) is 12.2. The van der Waals surface area contributed by atoms with Gasteiger partial charge in [0.05, 0.1) is 55.0 Å². The summed E-state index contributed by atoms with van der Waals surface area (Å²) in [4.78, 5) is 26.1. The first-order valence-electron chi connectivity index (χ1n) is 12.8. The first-order valence-corrected chi connectivity index (χ1v) is 13.7. The molecular formula is C29H25F5N4O3S. The highest BCUT2D eigenvalue weighted by molar-refractivity contribution is 7.99.